The van der Waals surface area contributed by atoms with Crippen molar-refractivity contribution in [2.45, 2.75) is 43.9 Å². The maximum Gasteiger partial charge on any atom is 0.435 e. The van der Waals surface area contributed by atoms with Gasteiger partial charge < -0.3 is 19.5 Å². The molecule has 1 aromatic heterocycles. The molecule has 1 unspecified atom stereocenters. The van der Waals surface area contributed by atoms with Crippen LogP contribution in [0.2, 0.25) is 0 Å². The number of aromatic nitrogens is 2. The van der Waals surface area contributed by atoms with E-state index in [-0.39, 0.29) is 47.2 Å². The van der Waals surface area contributed by atoms with E-state index in [0.29, 0.717) is 5.56 Å². The van der Waals surface area contributed by atoms with Crippen LogP contribution in [0.25, 0.3) is 16.9 Å². The van der Waals surface area contributed by atoms with Crippen LogP contribution in [0, 0.1) is 12.1 Å². The number of alkyl halides is 3. The summed E-state index contributed by atoms with van der Waals surface area (Å²) in [5, 5.41) is 20.0. The Balaban J connectivity index is 1.39. The number of hydrazine groups is 1. The lowest BCUT2D eigenvalue weighted by Gasteiger charge is -2.14. The third-order valence-electron chi connectivity index (χ3n) is 6.28. The Morgan fingerprint density at radius 2 is 1.84 bits per heavy atom. The molecule has 0 aliphatic carbocycles. The van der Waals surface area contributed by atoms with Gasteiger partial charge in [0.15, 0.2) is 5.69 Å². The fraction of sp³-hybridized carbons (Fsp3) is 0.346. The molecule has 0 spiro atoms. The van der Waals surface area contributed by atoms with Crippen LogP contribution in [0.5, 0.6) is 0 Å². The summed E-state index contributed by atoms with van der Waals surface area (Å²) in [7, 11) is -4.44. The van der Waals surface area contributed by atoms with E-state index < -0.39 is 46.9 Å². The van der Waals surface area contributed by atoms with Crippen molar-refractivity contribution in [3.05, 3.63) is 71.1 Å². The van der Waals surface area contributed by atoms with Crippen LogP contribution >= 0.6 is 0 Å². The predicted molar refractivity (Wildman–Crippen MR) is 144 cm³/mol. The first kappa shape index (κ1) is 32.1. The maximum atomic E-state index is 13.5. The van der Waals surface area contributed by atoms with Crippen LogP contribution in [0.1, 0.15) is 31.0 Å². The summed E-state index contributed by atoms with van der Waals surface area (Å²) in [6, 6.07) is 12.4. The average Bonchev–Trinajstić information content (AvgIpc) is 3.63. The standard InChI is InChI=1S/C26H27F3N6O8S/c1-3-24(36)41-16-42-32-35(38)33-13-12-20(15-33)43-25(37)31-44(39,40)21-10-8-19(9-11-21)34-22(14-23(30-34)26(27,28)29)18-6-4-17(2)5-7-18/h4-11,14,20H,3,12-13,15-16H2,1-2H3,(H,31,37). The van der Waals surface area contributed by atoms with Crippen LogP contribution in [0.15, 0.2) is 64.8 Å². The van der Waals surface area contributed by atoms with Gasteiger partial charge in [-0.05, 0) is 37.3 Å². The second-order valence-corrected chi connectivity index (χ2v) is 11.2. The molecule has 14 nitrogen and oxygen atoms in total. The van der Waals surface area contributed by atoms with E-state index in [1.807, 2.05) is 6.92 Å². The maximum absolute atomic E-state index is 13.5. The number of rotatable bonds is 10. The molecule has 2 aromatic carbocycles. The summed E-state index contributed by atoms with van der Waals surface area (Å²) < 4.78 is 78.5. The molecule has 236 valence electrons. The Bertz CT molecular complexity index is 1630. The Morgan fingerprint density at radius 3 is 2.48 bits per heavy atom. The summed E-state index contributed by atoms with van der Waals surface area (Å²) >= 11 is 0. The van der Waals surface area contributed by atoms with Crippen LogP contribution in [0.4, 0.5) is 18.0 Å². The number of carbonyl (C=O) groups is 2. The van der Waals surface area contributed by atoms with Gasteiger partial charge in [-0.3, -0.25) is 4.79 Å². The molecule has 0 bridgehead atoms. The number of amides is 1. The molecular weight excluding hydrogens is 613 g/mol. The summed E-state index contributed by atoms with van der Waals surface area (Å²) in [5.74, 6) is -0.547. The molecule has 0 radical (unpaired) electrons. The zero-order valence-corrected chi connectivity index (χ0v) is 24.2. The van der Waals surface area contributed by atoms with Gasteiger partial charge in [0.2, 0.25) is 5.28 Å². The van der Waals surface area contributed by atoms with Crippen LogP contribution in [-0.2, 0) is 35.3 Å². The zero-order chi connectivity index (χ0) is 32.1. The number of nitrogens with one attached hydrogen (secondary N) is 1. The largest absolute Gasteiger partial charge is 0.569 e. The third kappa shape index (κ3) is 7.94. The fourth-order valence-corrected chi connectivity index (χ4v) is 4.92. The minimum Gasteiger partial charge on any atom is -0.569 e. The van der Waals surface area contributed by atoms with E-state index in [4.69, 9.17) is 4.74 Å². The number of halogens is 3. The van der Waals surface area contributed by atoms with Crippen molar-refractivity contribution in [3.8, 4) is 16.9 Å². The van der Waals surface area contributed by atoms with Crippen molar-refractivity contribution in [1.82, 2.24) is 19.5 Å². The molecule has 18 heteroatoms. The third-order valence-corrected chi connectivity index (χ3v) is 7.61. The fourth-order valence-electron chi connectivity index (χ4n) is 4.04. The Labute approximate surface area is 249 Å². The highest BCUT2D eigenvalue weighted by Gasteiger charge is 2.35. The molecule has 1 amide bonds. The van der Waals surface area contributed by atoms with E-state index in [2.05, 4.69) is 20.0 Å². The highest BCUT2D eigenvalue weighted by molar-refractivity contribution is 7.90. The van der Waals surface area contributed by atoms with E-state index in [1.54, 1.807) is 35.9 Å². The molecule has 3 aromatic rings. The first-order valence-electron chi connectivity index (χ1n) is 13.1. The minimum absolute atomic E-state index is 0.0842. The van der Waals surface area contributed by atoms with Crippen LogP contribution in [-0.4, -0.2) is 66.2 Å². The monoisotopic (exact) mass is 640 g/mol. The number of nitrogens with zero attached hydrogens (tertiary/aromatic N) is 5. The lowest BCUT2D eigenvalue weighted by molar-refractivity contribution is -0.708. The number of hydrogen-bond acceptors (Lipinski definition) is 10. The van der Waals surface area contributed by atoms with E-state index in [1.165, 1.54) is 12.1 Å². The van der Waals surface area contributed by atoms with Gasteiger partial charge in [-0.1, -0.05) is 36.8 Å². The lowest BCUT2D eigenvalue weighted by atomic mass is 10.1. The minimum atomic E-state index is -4.71. The van der Waals surface area contributed by atoms with Crippen LogP contribution < -0.4 is 4.72 Å². The Morgan fingerprint density at radius 1 is 1.16 bits per heavy atom. The van der Waals surface area contributed by atoms with E-state index >= 15 is 0 Å². The molecule has 1 aliphatic heterocycles. The first-order valence-corrected chi connectivity index (χ1v) is 14.5. The van der Waals surface area contributed by atoms with Crippen molar-refractivity contribution in [1.29, 1.82) is 0 Å². The Hall–Kier alpha value is -4.87. The molecule has 1 atom stereocenters. The first-order chi connectivity index (χ1) is 20.8. The SMILES string of the molecule is CCC(=O)OCON=[N+]([O-])N1CCC(OC(=O)NS(=O)(=O)c2ccc(-n3nc(C(F)(F)F)cc3-c3ccc(C)cc3)cc2)C1. The zero-order valence-electron chi connectivity index (χ0n) is 23.4. The molecule has 1 saturated heterocycles. The number of aryl methyl sites for hydroxylation is 1. The summed E-state index contributed by atoms with van der Waals surface area (Å²) in [6.07, 6.45) is -6.59. The van der Waals surface area contributed by atoms with Gasteiger partial charge in [0.25, 0.3) is 16.8 Å². The van der Waals surface area contributed by atoms with E-state index in [9.17, 15) is 36.4 Å². The predicted octanol–water partition coefficient (Wildman–Crippen LogP) is 4.08. The summed E-state index contributed by atoms with van der Waals surface area (Å²) in [6.45, 7) is 2.82. The second-order valence-electron chi connectivity index (χ2n) is 9.47. The van der Waals surface area contributed by atoms with Gasteiger partial charge in [-0.25, -0.2) is 22.6 Å². The van der Waals surface area contributed by atoms with Crippen LogP contribution in [0.3, 0.4) is 0 Å². The van der Waals surface area contributed by atoms with Gasteiger partial charge in [0.05, 0.1) is 27.8 Å². The topological polar surface area (TPSA) is 167 Å². The van der Waals surface area contributed by atoms with Gasteiger partial charge in [-0.15, -0.1) is 5.01 Å². The molecule has 1 fully saturated rings. The highest BCUT2D eigenvalue weighted by atomic mass is 32.2. The van der Waals surface area contributed by atoms with Gasteiger partial charge in [0, 0.05) is 18.4 Å². The van der Waals surface area contributed by atoms with Crippen molar-refractivity contribution in [3.63, 3.8) is 0 Å². The van der Waals surface area contributed by atoms with Crippen molar-refractivity contribution >= 4 is 22.1 Å². The van der Waals surface area contributed by atoms with Gasteiger partial charge in [-0.2, -0.15) is 18.3 Å². The smallest absolute Gasteiger partial charge is 0.435 e. The van der Waals surface area contributed by atoms with E-state index in [0.717, 1.165) is 33.5 Å². The average molecular weight is 641 g/mol. The lowest BCUT2D eigenvalue weighted by Crippen LogP contribution is -2.35. The number of hydrogen-bond donors (Lipinski definition) is 1. The van der Waals surface area contributed by atoms with Crippen molar-refractivity contribution in [2.24, 2.45) is 5.28 Å². The molecule has 2 heterocycles. The molecule has 0 saturated carbocycles. The summed E-state index contributed by atoms with van der Waals surface area (Å²) in [4.78, 5) is 27.7. The highest BCUT2D eigenvalue weighted by Crippen LogP contribution is 2.33. The molecule has 1 N–H and O–H groups in total. The quantitative estimate of drug-likeness (QED) is 0.0852. The summed E-state index contributed by atoms with van der Waals surface area (Å²) in [5.41, 5.74) is 0.518. The number of carbonyl (C=O) groups excluding carboxylic acids is 2. The molecule has 4 rings (SSSR count). The number of ether oxygens (including phenoxy) is 2. The van der Waals surface area contributed by atoms with Gasteiger partial charge >= 0.3 is 18.2 Å². The van der Waals surface area contributed by atoms with Gasteiger partial charge in [0.1, 0.15) is 12.6 Å². The molecule has 44 heavy (non-hydrogen) atoms. The number of benzene rings is 2. The van der Waals surface area contributed by atoms with Crippen molar-refractivity contribution < 1.29 is 50.5 Å². The molecular formula is C26H27F3N6O8S. The van der Waals surface area contributed by atoms with Crippen molar-refractivity contribution in [2.75, 3.05) is 19.9 Å². The molecule has 1 aliphatic rings. The number of esters is 1. The second kappa shape index (κ2) is 13.2. The normalized spacial score (nSPS) is 15.6. The Kier molecular flexibility index (Phi) is 9.61. The number of sulfonamides is 1.